The summed E-state index contributed by atoms with van der Waals surface area (Å²) in [6, 6.07) is 9.58. The van der Waals surface area contributed by atoms with Gasteiger partial charge in [-0.25, -0.2) is 9.18 Å². The Morgan fingerprint density at radius 3 is 2.55 bits per heavy atom. The number of fused-ring (bicyclic) bond motifs is 1. The van der Waals surface area contributed by atoms with Crippen LogP contribution in [0.4, 0.5) is 29.3 Å². The third-order valence-corrected chi connectivity index (χ3v) is 7.30. The van der Waals surface area contributed by atoms with Crippen LogP contribution in [0, 0.1) is 5.82 Å². The van der Waals surface area contributed by atoms with Crippen LogP contribution < -0.4 is 15.1 Å². The van der Waals surface area contributed by atoms with Crippen molar-refractivity contribution in [1.82, 2.24) is 15.2 Å². The number of hydrogen-bond acceptors (Lipinski definition) is 6. The van der Waals surface area contributed by atoms with Gasteiger partial charge in [0.2, 0.25) is 0 Å². The number of aromatic nitrogens is 1. The van der Waals surface area contributed by atoms with E-state index >= 15 is 4.39 Å². The van der Waals surface area contributed by atoms with Gasteiger partial charge in [-0.2, -0.15) is 8.78 Å². The average molecular weight is 622 g/mol. The first kappa shape index (κ1) is 27.5. The lowest BCUT2D eigenvalue weighted by atomic mass is 10.1. The van der Waals surface area contributed by atoms with Crippen molar-refractivity contribution >= 4 is 61.9 Å². The van der Waals surface area contributed by atoms with E-state index in [9.17, 15) is 28.0 Å². The molecule has 1 atom stereocenters. The van der Waals surface area contributed by atoms with Crippen LogP contribution >= 0.6 is 15.9 Å². The van der Waals surface area contributed by atoms with Crippen LogP contribution in [0.2, 0.25) is 0 Å². The predicted molar refractivity (Wildman–Crippen MR) is 142 cm³/mol. The fourth-order valence-corrected chi connectivity index (χ4v) is 5.10. The predicted octanol–water partition coefficient (Wildman–Crippen LogP) is 3.31. The Balaban J connectivity index is 1.19. The molecule has 3 heterocycles. The van der Waals surface area contributed by atoms with Crippen molar-refractivity contribution < 1.29 is 37.1 Å². The van der Waals surface area contributed by atoms with Crippen LogP contribution in [0.5, 0.6) is 0 Å². The Hall–Kier alpha value is -4.07. The number of cyclic esters (lactones) is 1. The number of H-pyrrole nitrogens is 1. The second kappa shape index (κ2) is 11.2. The van der Waals surface area contributed by atoms with Crippen molar-refractivity contribution in [2.45, 2.75) is 12.5 Å². The summed E-state index contributed by atoms with van der Waals surface area (Å²) in [5.74, 6) is -3.34. The number of aromatic amines is 1. The molecule has 2 aliphatic heterocycles. The van der Waals surface area contributed by atoms with Crippen LogP contribution in [0.25, 0.3) is 10.9 Å². The summed E-state index contributed by atoms with van der Waals surface area (Å²) in [4.78, 5) is 56.5. The fraction of sp³-hybridized carbons (Fsp3) is 0.308. The van der Waals surface area contributed by atoms with Crippen LogP contribution in [0.15, 0.2) is 47.1 Å². The van der Waals surface area contributed by atoms with Gasteiger partial charge >= 0.3 is 12.5 Å². The summed E-state index contributed by atoms with van der Waals surface area (Å²) < 4.78 is 45.7. The highest BCUT2D eigenvalue weighted by molar-refractivity contribution is 9.10. The van der Waals surface area contributed by atoms with Gasteiger partial charge in [0.15, 0.2) is 0 Å². The van der Waals surface area contributed by atoms with Gasteiger partial charge in [0, 0.05) is 47.8 Å². The molecule has 0 bridgehead atoms. The molecule has 0 unspecified atom stereocenters. The number of alkyl halides is 2. The molecular weight excluding hydrogens is 599 g/mol. The molecule has 5 rings (SSSR count). The van der Waals surface area contributed by atoms with Gasteiger partial charge in [-0.15, -0.1) is 0 Å². The number of benzene rings is 2. The maximum Gasteiger partial charge on any atom is 0.414 e. The van der Waals surface area contributed by atoms with E-state index in [-0.39, 0.29) is 56.2 Å². The van der Waals surface area contributed by atoms with Crippen molar-refractivity contribution in [1.29, 1.82) is 0 Å². The van der Waals surface area contributed by atoms with E-state index in [2.05, 4.69) is 20.9 Å². The SMILES string of the molecule is O=C(C(=O)N1CCN(c2ccc(N3C[C@H](CNC(=O)C(F)F)OC3=O)cc2F)CC1)c1c[nH]c2ccc(Br)cc12. The van der Waals surface area contributed by atoms with Gasteiger partial charge in [0.25, 0.3) is 17.6 Å². The van der Waals surface area contributed by atoms with Crippen molar-refractivity contribution in [2.24, 2.45) is 0 Å². The van der Waals surface area contributed by atoms with Gasteiger partial charge in [0.1, 0.15) is 11.9 Å². The number of ether oxygens (including phenoxy) is 1. The molecule has 2 N–H and O–H groups in total. The number of hydrogen-bond donors (Lipinski definition) is 2. The van der Waals surface area contributed by atoms with E-state index in [1.807, 2.05) is 11.4 Å². The molecule has 210 valence electrons. The fourth-order valence-electron chi connectivity index (χ4n) is 4.74. The van der Waals surface area contributed by atoms with Crippen LogP contribution in [0.1, 0.15) is 10.4 Å². The zero-order chi connectivity index (χ0) is 28.6. The summed E-state index contributed by atoms with van der Waals surface area (Å²) in [5, 5.41) is 2.63. The van der Waals surface area contributed by atoms with Crippen LogP contribution in [-0.4, -0.2) is 85.4 Å². The molecule has 1 aromatic heterocycles. The second-order valence-corrected chi connectivity index (χ2v) is 10.2. The summed E-state index contributed by atoms with van der Waals surface area (Å²) in [6.07, 6.45) is -3.32. The number of halogens is 4. The summed E-state index contributed by atoms with van der Waals surface area (Å²) >= 11 is 3.37. The Labute approximate surface area is 234 Å². The third-order valence-electron chi connectivity index (χ3n) is 6.81. The van der Waals surface area contributed by atoms with Crippen LogP contribution in [0.3, 0.4) is 0 Å². The molecule has 0 radical (unpaired) electrons. The Bertz CT molecular complexity index is 1490. The number of nitrogens with zero attached hydrogens (tertiary/aromatic N) is 3. The molecule has 0 aliphatic carbocycles. The first-order valence-corrected chi connectivity index (χ1v) is 13.1. The number of carbonyl (C=O) groups excluding carboxylic acids is 4. The van der Waals surface area contributed by atoms with Gasteiger partial charge in [0.05, 0.1) is 30.0 Å². The summed E-state index contributed by atoms with van der Waals surface area (Å²) in [5.41, 5.74) is 1.49. The molecule has 2 aliphatic rings. The molecule has 14 heteroatoms. The molecular formula is C26H23BrF3N5O5. The lowest BCUT2D eigenvalue weighted by Gasteiger charge is -2.36. The first-order valence-electron chi connectivity index (χ1n) is 12.3. The highest BCUT2D eigenvalue weighted by Gasteiger charge is 2.34. The van der Waals surface area contributed by atoms with E-state index in [0.29, 0.717) is 5.39 Å². The Morgan fingerprint density at radius 1 is 1.10 bits per heavy atom. The molecule has 0 saturated carbocycles. The molecule has 40 heavy (non-hydrogen) atoms. The minimum atomic E-state index is -3.18. The highest BCUT2D eigenvalue weighted by atomic mass is 79.9. The smallest absolute Gasteiger partial charge is 0.414 e. The molecule has 0 spiro atoms. The number of rotatable bonds is 7. The zero-order valence-electron chi connectivity index (χ0n) is 20.8. The van der Waals surface area contributed by atoms with Crippen LogP contribution in [-0.2, 0) is 14.3 Å². The van der Waals surface area contributed by atoms with E-state index in [1.165, 1.54) is 23.2 Å². The van der Waals surface area contributed by atoms with Gasteiger partial charge in [-0.05, 0) is 36.4 Å². The zero-order valence-corrected chi connectivity index (χ0v) is 22.4. The number of ketones is 1. The minimum absolute atomic E-state index is 0.0522. The molecule has 2 aromatic carbocycles. The molecule has 2 fully saturated rings. The minimum Gasteiger partial charge on any atom is -0.442 e. The number of nitrogens with one attached hydrogen (secondary N) is 2. The van der Waals surface area contributed by atoms with Gasteiger partial charge in [-0.1, -0.05) is 15.9 Å². The maximum absolute atomic E-state index is 15.1. The van der Waals surface area contributed by atoms with Gasteiger partial charge < -0.3 is 24.8 Å². The number of piperazine rings is 1. The number of amides is 3. The Kier molecular flexibility index (Phi) is 7.70. The normalized spacial score (nSPS) is 17.5. The van der Waals surface area contributed by atoms with Crippen molar-refractivity contribution in [2.75, 3.05) is 49.1 Å². The Morgan fingerprint density at radius 2 is 1.85 bits per heavy atom. The summed E-state index contributed by atoms with van der Waals surface area (Å²) in [7, 11) is 0. The van der Waals surface area contributed by atoms with E-state index in [0.717, 1.165) is 21.0 Å². The number of carbonyl (C=O) groups is 4. The topological polar surface area (TPSA) is 115 Å². The lowest BCUT2D eigenvalue weighted by molar-refractivity contribution is -0.132. The third kappa shape index (κ3) is 5.48. The summed E-state index contributed by atoms with van der Waals surface area (Å²) in [6.45, 7) is 0.641. The van der Waals surface area contributed by atoms with Gasteiger partial charge in [-0.3, -0.25) is 19.3 Å². The second-order valence-electron chi connectivity index (χ2n) is 9.30. The average Bonchev–Trinajstić information content (AvgIpc) is 3.53. The van der Waals surface area contributed by atoms with Crippen molar-refractivity contribution in [3.05, 3.63) is 58.4 Å². The monoisotopic (exact) mass is 621 g/mol. The number of Topliss-reactive ketones (excluding diaryl/α,β-unsaturated/α-hetero) is 1. The quantitative estimate of drug-likeness (QED) is 0.309. The lowest BCUT2D eigenvalue weighted by Crippen LogP contribution is -2.50. The van der Waals surface area contributed by atoms with E-state index < -0.39 is 42.0 Å². The van der Waals surface area contributed by atoms with E-state index in [1.54, 1.807) is 17.0 Å². The first-order chi connectivity index (χ1) is 19.1. The standard InChI is InChI=1S/C26H23BrF3N5O5/c27-14-1-3-20-17(9-14)18(12-31-20)22(36)25(38)34-7-5-33(6-8-34)21-4-2-15(10-19(21)28)35-13-16(40-26(35)39)11-32-24(37)23(29)30/h1-4,9-10,12,16,23,31H,5-8,11,13H2,(H,32,37)/t16-/m0/s1. The molecule has 3 amide bonds. The molecule has 3 aromatic rings. The van der Waals surface area contributed by atoms with Crippen molar-refractivity contribution in [3.8, 4) is 0 Å². The van der Waals surface area contributed by atoms with E-state index in [4.69, 9.17) is 4.74 Å². The largest absolute Gasteiger partial charge is 0.442 e. The maximum atomic E-state index is 15.1. The highest BCUT2D eigenvalue weighted by Crippen LogP contribution is 2.29. The molecule has 2 saturated heterocycles. The number of anilines is 2. The van der Waals surface area contributed by atoms with Crippen molar-refractivity contribution in [3.63, 3.8) is 0 Å². The molecule has 10 nitrogen and oxygen atoms in total.